The molecular weight excluding hydrogens is 501 g/mol. The maximum atomic E-state index is 14.4. The number of likely N-dealkylation sites (tertiary alicyclic amines) is 1. The largest absolute Gasteiger partial charge is 0.364 e. The molecular formula is C25H21ClFN7O3. The Labute approximate surface area is 215 Å². The number of hydrogen-bond donors (Lipinski definition) is 2. The second kappa shape index (κ2) is 9.94. The molecule has 3 amide bonds. The van der Waals surface area contributed by atoms with Gasteiger partial charge in [-0.05, 0) is 35.9 Å². The molecule has 0 saturated carbocycles. The van der Waals surface area contributed by atoms with Gasteiger partial charge in [0.1, 0.15) is 29.7 Å². The summed E-state index contributed by atoms with van der Waals surface area (Å²) in [5, 5.41) is 7.49. The standard InChI is InChI=1S/C25H21ClFN7O3/c26-20-4-1-5-21(30-20)31-25(37)19-10-16(27)12-33(19)22(35)13-34-18-7-6-14(15-3-2-8-29-11-15)9-17(18)23(32-34)24(28)36/h1-9,11,16,19H,10,12-13H2,(H2,28,36)(H,30,31,37)/t16-,19+/m1/s1. The third-order valence-electron chi connectivity index (χ3n) is 6.10. The van der Waals surface area contributed by atoms with Gasteiger partial charge in [-0.3, -0.25) is 24.0 Å². The summed E-state index contributed by atoms with van der Waals surface area (Å²) in [5.74, 6) is -1.67. The van der Waals surface area contributed by atoms with E-state index in [1.165, 1.54) is 9.58 Å². The second-order valence-electron chi connectivity index (χ2n) is 8.57. The number of benzene rings is 1. The van der Waals surface area contributed by atoms with E-state index in [0.717, 1.165) is 11.1 Å². The fourth-order valence-corrected chi connectivity index (χ4v) is 4.57. The first-order valence-electron chi connectivity index (χ1n) is 11.4. The molecule has 0 unspecified atom stereocenters. The van der Waals surface area contributed by atoms with Crippen molar-refractivity contribution in [2.24, 2.45) is 5.73 Å². The molecule has 0 radical (unpaired) electrons. The van der Waals surface area contributed by atoms with Crippen LogP contribution in [0.15, 0.2) is 60.9 Å². The number of pyridine rings is 2. The van der Waals surface area contributed by atoms with Crippen LogP contribution in [-0.2, 0) is 16.1 Å². The smallest absolute Gasteiger partial charge is 0.269 e. The van der Waals surface area contributed by atoms with Gasteiger partial charge >= 0.3 is 0 Å². The summed E-state index contributed by atoms with van der Waals surface area (Å²) in [7, 11) is 0. The predicted molar refractivity (Wildman–Crippen MR) is 134 cm³/mol. The number of hydrogen-bond acceptors (Lipinski definition) is 6. The highest BCUT2D eigenvalue weighted by Crippen LogP contribution is 2.27. The van der Waals surface area contributed by atoms with Crippen LogP contribution in [0.25, 0.3) is 22.0 Å². The molecule has 10 nitrogen and oxygen atoms in total. The molecule has 1 aliphatic heterocycles. The molecule has 1 aromatic carbocycles. The van der Waals surface area contributed by atoms with Crippen LogP contribution in [-0.4, -0.2) is 61.1 Å². The molecule has 1 fully saturated rings. The van der Waals surface area contributed by atoms with Crippen LogP contribution in [0.1, 0.15) is 16.9 Å². The van der Waals surface area contributed by atoms with Crippen LogP contribution < -0.4 is 11.1 Å². The Hall–Kier alpha value is -4.38. The zero-order valence-corrected chi connectivity index (χ0v) is 20.1. The zero-order chi connectivity index (χ0) is 26.1. The van der Waals surface area contributed by atoms with E-state index < -0.39 is 29.9 Å². The van der Waals surface area contributed by atoms with E-state index in [2.05, 4.69) is 20.4 Å². The lowest BCUT2D eigenvalue weighted by atomic mass is 10.0. The number of anilines is 1. The molecule has 1 saturated heterocycles. The van der Waals surface area contributed by atoms with E-state index in [4.69, 9.17) is 17.3 Å². The average molecular weight is 522 g/mol. The number of nitrogens with two attached hydrogens (primary N) is 1. The summed E-state index contributed by atoms with van der Waals surface area (Å²) >= 11 is 5.86. The molecule has 2 atom stereocenters. The van der Waals surface area contributed by atoms with Gasteiger partial charge < -0.3 is 16.0 Å². The average Bonchev–Trinajstić information content (AvgIpc) is 3.45. The normalized spacial score (nSPS) is 17.2. The third kappa shape index (κ3) is 4.98. The fraction of sp³-hybridized carbons (Fsp3) is 0.200. The minimum absolute atomic E-state index is 0.000320. The van der Waals surface area contributed by atoms with Gasteiger partial charge in [-0.2, -0.15) is 5.10 Å². The molecule has 5 rings (SSSR count). The van der Waals surface area contributed by atoms with Gasteiger partial charge in [0.15, 0.2) is 5.69 Å². The maximum Gasteiger partial charge on any atom is 0.269 e. The van der Waals surface area contributed by atoms with E-state index in [9.17, 15) is 18.8 Å². The quantitative estimate of drug-likeness (QED) is 0.374. The van der Waals surface area contributed by atoms with E-state index in [0.29, 0.717) is 10.9 Å². The van der Waals surface area contributed by atoms with Gasteiger partial charge in [0.2, 0.25) is 11.8 Å². The van der Waals surface area contributed by atoms with Crippen molar-refractivity contribution in [1.29, 1.82) is 0 Å². The summed E-state index contributed by atoms with van der Waals surface area (Å²) in [4.78, 5) is 47.5. The van der Waals surface area contributed by atoms with Crippen LogP contribution in [0, 0.1) is 0 Å². The minimum atomic E-state index is -1.37. The Morgan fingerprint density at radius 2 is 1.97 bits per heavy atom. The van der Waals surface area contributed by atoms with Crippen molar-refractivity contribution in [2.75, 3.05) is 11.9 Å². The number of rotatable bonds is 6. The van der Waals surface area contributed by atoms with E-state index >= 15 is 0 Å². The molecule has 3 aromatic heterocycles. The third-order valence-corrected chi connectivity index (χ3v) is 6.31. The van der Waals surface area contributed by atoms with E-state index in [-0.39, 0.29) is 36.2 Å². The Bertz CT molecular complexity index is 1510. The van der Waals surface area contributed by atoms with Crippen LogP contribution in [0.2, 0.25) is 5.15 Å². The van der Waals surface area contributed by atoms with Gasteiger partial charge in [-0.25, -0.2) is 9.37 Å². The maximum absolute atomic E-state index is 14.4. The SMILES string of the molecule is NC(=O)c1nn(CC(=O)N2C[C@H](F)C[C@H]2C(=O)Nc2cccc(Cl)n2)c2ccc(-c3cccnc3)cc12. The number of halogens is 2. The fourth-order valence-electron chi connectivity index (χ4n) is 4.41. The number of alkyl halides is 1. The Kier molecular flexibility index (Phi) is 6.53. The summed E-state index contributed by atoms with van der Waals surface area (Å²) < 4.78 is 15.7. The second-order valence-corrected chi connectivity index (χ2v) is 8.96. The van der Waals surface area contributed by atoms with Crippen molar-refractivity contribution in [2.45, 2.75) is 25.2 Å². The molecule has 4 heterocycles. The van der Waals surface area contributed by atoms with Crippen LogP contribution in [0.5, 0.6) is 0 Å². The van der Waals surface area contributed by atoms with Crippen molar-refractivity contribution in [3.05, 3.63) is 71.8 Å². The summed E-state index contributed by atoms with van der Waals surface area (Å²) in [6.07, 6.45) is 1.81. The number of nitrogens with one attached hydrogen (secondary N) is 1. The van der Waals surface area contributed by atoms with Gasteiger partial charge in [-0.1, -0.05) is 29.8 Å². The highest BCUT2D eigenvalue weighted by molar-refractivity contribution is 6.29. The molecule has 3 N–H and O–H groups in total. The Morgan fingerprint density at radius 3 is 2.70 bits per heavy atom. The topological polar surface area (TPSA) is 136 Å². The van der Waals surface area contributed by atoms with Crippen LogP contribution in [0.3, 0.4) is 0 Å². The van der Waals surface area contributed by atoms with Crippen LogP contribution >= 0.6 is 11.6 Å². The number of carbonyl (C=O) groups is 3. The molecule has 0 aliphatic carbocycles. The van der Waals surface area contributed by atoms with Crippen LogP contribution in [0.4, 0.5) is 10.2 Å². The first-order valence-corrected chi connectivity index (χ1v) is 11.8. The number of nitrogens with zero attached hydrogens (tertiary/aromatic N) is 5. The highest BCUT2D eigenvalue weighted by Gasteiger charge is 2.40. The van der Waals surface area contributed by atoms with Crippen molar-refractivity contribution in [3.63, 3.8) is 0 Å². The lowest BCUT2D eigenvalue weighted by Gasteiger charge is -2.23. The summed E-state index contributed by atoms with van der Waals surface area (Å²) in [6, 6.07) is 12.6. The molecule has 188 valence electrons. The molecule has 37 heavy (non-hydrogen) atoms. The van der Waals surface area contributed by atoms with Crippen molar-refractivity contribution < 1.29 is 18.8 Å². The van der Waals surface area contributed by atoms with E-state index in [1.807, 2.05) is 12.1 Å². The molecule has 0 spiro atoms. The van der Waals surface area contributed by atoms with Gasteiger partial charge in [0.25, 0.3) is 5.91 Å². The summed E-state index contributed by atoms with van der Waals surface area (Å²) in [6.45, 7) is -0.561. The van der Waals surface area contributed by atoms with Gasteiger partial charge in [0.05, 0.1) is 12.1 Å². The van der Waals surface area contributed by atoms with Crippen molar-refractivity contribution in [3.8, 4) is 11.1 Å². The first-order chi connectivity index (χ1) is 17.8. The first kappa shape index (κ1) is 24.3. The predicted octanol–water partition coefficient (Wildman–Crippen LogP) is 2.82. The van der Waals surface area contributed by atoms with Crippen molar-refractivity contribution in [1.82, 2.24) is 24.6 Å². The number of primary amides is 1. The minimum Gasteiger partial charge on any atom is -0.364 e. The molecule has 4 aromatic rings. The number of fused-ring (bicyclic) bond motifs is 1. The van der Waals surface area contributed by atoms with E-state index in [1.54, 1.807) is 48.8 Å². The molecule has 0 bridgehead atoms. The highest BCUT2D eigenvalue weighted by atomic mass is 35.5. The summed E-state index contributed by atoms with van der Waals surface area (Å²) in [5.41, 5.74) is 7.68. The zero-order valence-electron chi connectivity index (χ0n) is 19.3. The lowest BCUT2D eigenvalue weighted by molar-refractivity contribution is -0.137. The number of amides is 3. The van der Waals surface area contributed by atoms with Crippen molar-refractivity contribution >= 4 is 46.0 Å². The molecule has 1 aliphatic rings. The van der Waals surface area contributed by atoms with Gasteiger partial charge in [-0.15, -0.1) is 0 Å². The Balaban J connectivity index is 1.41. The molecule has 12 heteroatoms. The number of aromatic nitrogens is 4. The van der Waals surface area contributed by atoms with Gasteiger partial charge in [0, 0.05) is 29.8 Å². The Morgan fingerprint density at radius 1 is 1.14 bits per heavy atom. The lowest BCUT2D eigenvalue weighted by Crippen LogP contribution is -2.44. The number of carbonyl (C=O) groups excluding carboxylic acids is 3. The monoisotopic (exact) mass is 521 g/mol.